The lowest BCUT2D eigenvalue weighted by molar-refractivity contribution is 0.0965. The molecule has 0 aliphatic rings. The highest BCUT2D eigenvalue weighted by molar-refractivity contribution is 6.07. The fourth-order valence-electron chi connectivity index (χ4n) is 1.49. The highest BCUT2D eigenvalue weighted by Crippen LogP contribution is 2.21. The first-order valence-corrected chi connectivity index (χ1v) is 4.75. The zero-order valence-electron chi connectivity index (χ0n) is 9.14. The van der Waals surface area contributed by atoms with Crippen molar-refractivity contribution < 1.29 is 9.59 Å². The zero-order valence-corrected chi connectivity index (χ0v) is 9.14. The quantitative estimate of drug-likeness (QED) is 0.397. The Labute approximate surface area is 98.2 Å². The number of primary amides is 2. The Morgan fingerprint density at radius 1 is 1.18 bits per heavy atom. The van der Waals surface area contributed by atoms with E-state index in [0.29, 0.717) is 0 Å². The standard InChI is InChI=1S/C11H14N4O2/c1-2-11(14,15)7-5-3-4-6(9(12)16)8(7)10(13)17/h2-5H,1,14-15H2,(H2,12,16)(H2,13,17). The van der Waals surface area contributed by atoms with Gasteiger partial charge in [-0.3, -0.25) is 9.59 Å². The van der Waals surface area contributed by atoms with Gasteiger partial charge in [-0.15, -0.1) is 0 Å². The molecule has 0 aliphatic carbocycles. The Hall–Kier alpha value is -2.18. The minimum Gasteiger partial charge on any atom is -0.366 e. The molecule has 1 aromatic carbocycles. The van der Waals surface area contributed by atoms with Crippen LogP contribution < -0.4 is 22.9 Å². The number of carbonyl (C=O) groups is 2. The van der Waals surface area contributed by atoms with Crippen LogP contribution in [0.3, 0.4) is 0 Å². The van der Waals surface area contributed by atoms with Gasteiger partial charge in [0.05, 0.1) is 11.1 Å². The van der Waals surface area contributed by atoms with Crippen molar-refractivity contribution in [3.05, 3.63) is 47.5 Å². The molecule has 6 heteroatoms. The molecule has 0 unspecified atom stereocenters. The van der Waals surface area contributed by atoms with Crippen molar-refractivity contribution in [1.82, 2.24) is 0 Å². The topological polar surface area (TPSA) is 138 Å². The number of nitrogens with two attached hydrogens (primary N) is 4. The third-order valence-corrected chi connectivity index (χ3v) is 2.38. The predicted octanol–water partition coefficient (Wildman–Crippen LogP) is -0.859. The summed E-state index contributed by atoms with van der Waals surface area (Å²) in [6.07, 6.45) is 1.25. The number of hydrogen-bond acceptors (Lipinski definition) is 4. The van der Waals surface area contributed by atoms with Crippen molar-refractivity contribution in [3.63, 3.8) is 0 Å². The molecule has 0 aliphatic heterocycles. The number of rotatable bonds is 4. The summed E-state index contributed by atoms with van der Waals surface area (Å²) in [4.78, 5) is 22.6. The SMILES string of the molecule is C=CC(N)(N)c1cccc(C(N)=O)c1C(N)=O. The average molecular weight is 234 g/mol. The van der Waals surface area contributed by atoms with E-state index in [9.17, 15) is 9.59 Å². The van der Waals surface area contributed by atoms with Crippen LogP contribution in [-0.2, 0) is 5.66 Å². The summed E-state index contributed by atoms with van der Waals surface area (Å²) in [6.45, 7) is 3.47. The molecule has 0 spiro atoms. The zero-order chi connectivity index (χ0) is 13.2. The number of carbonyl (C=O) groups excluding carboxylic acids is 2. The van der Waals surface area contributed by atoms with E-state index in [1.165, 1.54) is 24.3 Å². The molecule has 0 saturated carbocycles. The summed E-state index contributed by atoms with van der Waals surface area (Å²) in [5.41, 5.74) is 20.5. The second kappa shape index (κ2) is 4.36. The van der Waals surface area contributed by atoms with Crippen LogP contribution in [0.25, 0.3) is 0 Å². The van der Waals surface area contributed by atoms with Gasteiger partial charge >= 0.3 is 0 Å². The minimum atomic E-state index is -1.46. The van der Waals surface area contributed by atoms with E-state index in [0.717, 1.165) is 0 Å². The van der Waals surface area contributed by atoms with Crippen LogP contribution in [0.4, 0.5) is 0 Å². The molecule has 0 bridgehead atoms. The highest BCUT2D eigenvalue weighted by atomic mass is 16.2. The first-order chi connectivity index (χ1) is 7.81. The van der Waals surface area contributed by atoms with E-state index in [1.807, 2.05) is 0 Å². The van der Waals surface area contributed by atoms with Gasteiger partial charge in [-0.25, -0.2) is 0 Å². The van der Waals surface area contributed by atoms with Gasteiger partial charge in [0.2, 0.25) is 11.8 Å². The molecule has 0 heterocycles. The Balaban J connectivity index is 3.62. The van der Waals surface area contributed by atoms with Gasteiger partial charge < -0.3 is 22.9 Å². The molecular weight excluding hydrogens is 220 g/mol. The van der Waals surface area contributed by atoms with Crippen molar-refractivity contribution in [1.29, 1.82) is 0 Å². The highest BCUT2D eigenvalue weighted by Gasteiger charge is 2.26. The van der Waals surface area contributed by atoms with E-state index in [4.69, 9.17) is 22.9 Å². The van der Waals surface area contributed by atoms with Gasteiger partial charge in [-0.1, -0.05) is 24.8 Å². The van der Waals surface area contributed by atoms with Crippen LogP contribution in [0.2, 0.25) is 0 Å². The molecule has 0 radical (unpaired) electrons. The van der Waals surface area contributed by atoms with Crippen molar-refractivity contribution >= 4 is 11.8 Å². The van der Waals surface area contributed by atoms with Crippen LogP contribution in [0.1, 0.15) is 26.3 Å². The first kappa shape index (κ1) is 12.9. The average Bonchev–Trinajstić information content (AvgIpc) is 2.27. The van der Waals surface area contributed by atoms with E-state index < -0.39 is 17.5 Å². The lowest BCUT2D eigenvalue weighted by atomic mass is 9.91. The molecule has 8 N–H and O–H groups in total. The van der Waals surface area contributed by atoms with Gasteiger partial charge in [-0.2, -0.15) is 0 Å². The van der Waals surface area contributed by atoms with Crippen LogP contribution >= 0.6 is 0 Å². The summed E-state index contributed by atoms with van der Waals surface area (Å²) in [7, 11) is 0. The van der Waals surface area contributed by atoms with Gasteiger partial charge in [0.1, 0.15) is 5.66 Å². The lowest BCUT2D eigenvalue weighted by Crippen LogP contribution is -2.45. The smallest absolute Gasteiger partial charge is 0.249 e. The molecule has 6 nitrogen and oxygen atoms in total. The van der Waals surface area contributed by atoms with Gasteiger partial charge in [0.15, 0.2) is 0 Å². The first-order valence-electron chi connectivity index (χ1n) is 4.75. The van der Waals surface area contributed by atoms with Crippen LogP contribution in [0, 0.1) is 0 Å². The maximum absolute atomic E-state index is 11.4. The molecule has 17 heavy (non-hydrogen) atoms. The molecule has 0 fully saturated rings. The van der Waals surface area contributed by atoms with Crippen molar-refractivity contribution in [3.8, 4) is 0 Å². The fraction of sp³-hybridized carbons (Fsp3) is 0.0909. The molecule has 1 rings (SSSR count). The normalized spacial score (nSPS) is 10.9. The van der Waals surface area contributed by atoms with Crippen molar-refractivity contribution in [2.75, 3.05) is 0 Å². The maximum Gasteiger partial charge on any atom is 0.249 e. The molecule has 1 aromatic rings. The van der Waals surface area contributed by atoms with Crippen molar-refractivity contribution in [2.45, 2.75) is 5.66 Å². The van der Waals surface area contributed by atoms with Gasteiger partial charge in [0.25, 0.3) is 0 Å². The monoisotopic (exact) mass is 234 g/mol. The van der Waals surface area contributed by atoms with Crippen LogP contribution in [0.15, 0.2) is 30.9 Å². The predicted molar refractivity (Wildman–Crippen MR) is 63.7 cm³/mol. The van der Waals surface area contributed by atoms with E-state index >= 15 is 0 Å². The van der Waals surface area contributed by atoms with Crippen LogP contribution in [0.5, 0.6) is 0 Å². The summed E-state index contributed by atoms with van der Waals surface area (Å²) in [5, 5.41) is 0. The van der Waals surface area contributed by atoms with E-state index in [1.54, 1.807) is 0 Å². The van der Waals surface area contributed by atoms with Gasteiger partial charge in [-0.05, 0) is 6.07 Å². The Bertz CT molecular complexity index is 494. The molecular formula is C11H14N4O2. The number of amides is 2. The molecule has 0 atom stereocenters. The summed E-state index contributed by atoms with van der Waals surface area (Å²) < 4.78 is 0. The Morgan fingerprint density at radius 3 is 2.18 bits per heavy atom. The number of hydrogen-bond donors (Lipinski definition) is 4. The lowest BCUT2D eigenvalue weighted by Gasteiger charge is -2.23. The Morgan fingerprint density at radius 2 is 1.76 bits per heavy atom. The molecule has 0 saturated heterocycles. The third kappa shape index (κ3) is 2.32. The molecule has 2 amide bonds. The van der Waals surface area contributed by atoms with Crippen molar-refractivity contribution in [2.24, 2.45) is 22.9 Å². The summed E-state index contributed by atoms with van der Waals surface area (Å²) >= 11 is 0. The fourth-order valence-corrected chi connectivity index (χ4v) is 1.49. The van der Waals surface area contributed by atoms with E-state index in [-0.39, 0.29) is 16.7 Å². The third-order valence-electron chi connectivity index (χ3n) is 2.38. The molecule has 90 valence electrons. The molecule has 0 aromatic heterocycles. The number of benzene rings is 1. The largest absolute Gasteiger partial charge is 0.366 e. The summed E-state index contributed by atoms with van der Waals surface area (Å²) in [5.74, 6) is -1.60. The Kier molecular flexibility index (Phi) is 3.31. The van der Waals surface area contributed by atoms with E-state index in [2.05, 4.69) is 6.58 Å². The summed E-state index contributed by atoms with van der Waals surface area (Å²) in [6, 6.07) is 4.39. The second-order valence-electron chi connectivity index (χ2n) is 3.59. The maximum atomic E-state index is 11.4. The second-order valence-corrected chi connectivity index (χ2v) is 3.59. The van der Waals surface area contributed by atoms with Gasteiger partial charge in [0, 0.05) is 5.56 Å². The minimum absolute atomic E-state index is 0.0166. The van der Waals surface area contributed by atoms with Crippen LogP contribution in [-0.4, -0.2) is 11.8 Å².